The highest BCUT2D eigenvalue weighted by Gasteiger charge is 2.08. The van der Waals surface area contributed by atoms with Crippen LogP contribution in [0.15, 0.2) is 47.2 Å². The Morgan fingerprint density at radius 3 is 2.74 bits per heavy atom. The second-order valence-corrected chi connectivity index (χ2v) is 5.30. The molecule has 1 amide bonds. The minimum absolute atomic E-state index is 0.0200. The van der Waals surface area contributed by atoms with Crippen molar-refractivity contribution in [2.45, 2.75) is 19.4 Å². The molecule has 0 bridgehead atoms. The number of para-hydroxylation sites is 1. The van der Waals surface area contributed by atoms with E-state index in [1.54, 1.807) is 11.3 Å². The van der Waals surface area contributed by atoms with E-state index in [0.29, 0.717) is 6.54 Å². The monoisotopic (exact) mass is 274 g/mol. The maximum Gasteiger partial charge on any atom is 0.239 e. The van der Waals surface area contributed by atoms with Gasteiger partial charge in [-0.15, -0.1) is 0 Å². The highest BCUT2D eigenvalue weighted by molar-refractivity contribution is 7.07. The maximum atomic E-state index is 11.8. The van der Waals surface area contributed by atoms with Gasteiger partial charge in [-0.25, -0.2) is 0 Å². The Bertz CT molecular complexity index is 496. The number of rotatable bonds is 6. The molecule has 2 aromatic rings. The zero-order valence-corrected chi connectivity index (χ0v) is 11.7. The van der Waals surface area contributed by atoms with E-state index in [2.05, 4.69) is 27.5 Å². The summed E-state index contributed by atoms with van der Waals surface area (Å²) in [4.78, 5) is 11.8. The maximum absolute atomic E-state index is 11.8. The lowest BCUT2D eigenvalue weighted by atomic mass is 10.1. The van der Waals surface area contributed by atoms with Crippen molar-refractivity contribution in [1.82, 2.24) is 5.32 Å². The highest BCUT2D eigenvalue weighted by atomic mass is 32.1. The van der Waals surface area contributed by atoms with Gasteiger partial charge in [0.25, 0.3) is 0 Å². The lowest BCUT2D eigenvalue weighted by Gasteiger charge is -2.14. The number of carbonyl (C=O) groups is 1. The third-order valence-corrected chi connectivity index (χ3v) is 3.49. The van der Waals surface area contributed by atoms with Crippen molar-refractivity contribution in [2.75, 3.05) is 11.9 Å². The molecule has 4 heteroatoms. The van der Waals surface area contributed by atoms with Crippen LogP contribution in [0.5, 0.6) is 0 Å². The van der Waals surface area contributed by atoms with Crippen LogP contribution in [0.2, 0.25) is 0 Å². The van der Waals surface area contributed by atoms with Crippen LogP contribution in [-0.2, 0) is 11.2 Å². The summed E-state index contributed by atoms with van der Waals surface area (Å²) in [6.07, 6.45) is 0.876. The van der Waals surface area contributed by atoms with E-state index in [4.69, 9.17) is 0 Å². The molecule has 0 radical (unpaired) electrons. The lowest BCUT2D eigenvalue weighted by Crippen LogP contribution is -2.37. The van der Waals surface area contributed by atoms with Crippen LogP contribution in [0.3, 0.4) is 0 Å². The normalized spacial score (nSPS) is 11.8. The van der Waals surface area contributed by atoms with Crippen molar-refractivity contribution < 1.29 is 4.79 Å². The summed E-state index contributed by atoms with van der Waals surface area (Å²) in [5.41, 5.74) is 2.23. The number of amides is 1. The summed E-state index contributed by atoms with van der Waals surface area (Å²) in [5, 5.41) is 10.3. The molecule has 19 heavy (non-hydrogen) atoms. The summed E-state index contributed by atoms with van der Waals surface area (Å²) in [5.74, 6) is 0.0200. The Kier molecular flexibility index (Phi) is 4.98. The Labute approximate surface area is 117 Å². The number of hydrogen-bond donors (Lipinski definition) is 2. The first-order chi connectivity index (χ1) is 9.24. The topological polar surface area (TPSA) is 41.1 Å². The van der Waals surface area contributed by atoms with Crippen LogP contribution in [0, 0.1) is 0 Å². The van der Waals surface area contributed by atoms with Crippen LogP contribution >= 0.6 is 11.3 Å². The second-order valence-electron chi connectivity index (χ2n) is 4.52. The fourth-order valence-electron chi connectivity index (χ4n) is 1.88. The van der Waals surface area contributed by atoms with Crippen molar-refractivity contribution in [3.63, 3.8) is 0 Å². The van der Waals surface area contributed by atoms with Gasteiger partial charge in [-0.05, 0) is 47.9 Å². The largest absolute Gasteiger partial charge is 0.376 e. The molecule has 1 heterocycles. The predicted molar refractivity (Wildman–Crippen MR) is 80.6 cm³/mol. The molecule has 2 rings (SSSR count). The van der Waals surface area contributed by atoms with Crippen LogP contribution in [0.1, 0.15) is 12.5 Å². The van der Waals surface area contributed by atoms with E-state index in [1.165, 1.54) is 5.56 Å². The fourth-order valence-corrected chi connectivity index (χ4v) is 2.56. The van der Waals surface area contributed by atoms with Gasteiger partial charge in [-0.1, -0.05) is 18.2 Å². The number of benzene rings is 1. The summed E-state index contributed by atoms with van der Waals surface area (Å²) in [6, 6.07) is 12.0. The molecule has 0 saturated carbocycles. The number of anilines is 1. The lowest BCUT2D eigenvalue weighted by molar-refractivity contribution is -0.119. The van der Waals surface area contributed by atoms with Crippen LogP contribution in [-0.4, -0.2) is 18.5 Å². The van der Waals surface area contributed by atoms with Crippen LogP contribution in [0.4, 0.5) is 5.69 Å². The standard InChI is InChI=1S/C15H18N2OS/c1-12(9-13-7-8-19-11-13)17-15(18)10-16-14-5-3-2-4-6-14/h2-8,11-12,16H,9-10H2,1H3,(H,17,18). The molecular formula is C15H18N2OS. The van der Waals surface area contributed by atoms with Crippen molar-refractivity contribution in [3.8, 4) is 0 Å². The molecule has 1 unspecified atom stereocenters. The Hall–Kier alpha value is -1.81. The molecule has 100 valence electrons. The SMILES string of the molecule is CC(Cc1ccsc1)NC(=O)CNc1ccccc1. The molecule has 1 aromatic heterocycles. The first kappa shape index (κ1) is 13.6. The predicted octanol–water partition coefficient (Wildman–Crippen LogP) is 2.91. The van der Waals surface area contributed by atoms with Gasteiger partial charge in [-0.2, -0.15) is 11.3 Å². The van der Waals surface area contributed by atoms with Crippen molar-refractivity contribution in [1.29, 1.82) is 0 Å². The molecule has 1 aromatic carbocycles. The first-order valence-electron chi connectivity index (χ1n) is 6.33. The summed E-state index contributed by atoms with van der Waals surface area (Å²) in [7, 11) is 0. The van der Waals surface area contributed by atoms with Gasteiger partial charge in [0.1, 0.15) is 0 Å². The molecule has 3 nitrogen and oxygen atoms in total. The van der Waals surface area contributed by atoms with E-state index in [1.807, 2.05) is 37.3 Å². The minimum atomic E-state index is 0.0200. The number of nitrogens with one attached hydrogen (secondary N) is 2. The Balaban J connectivity index is 1.72. The molecule has 0 fully saturated rings. The van der Waals surface area contributed by atoms with Gasteiger partial charge in [0, 0.05) is 11.7 Å². The zero-order chi connectivity index (χ0) is 13.5. The van der Waals surface area contributed by atoms with Crippen molar-refractivity contribution in [2.24, 2.45) is 0 Å². The van der Waals surface area contributed by atoms with Gasteiger partial charge in [0.15, 0.2) is 0 Å². The summed E-state index contributed by atoms with van der Waals surface area (Å²) in [6.45, 7) is 2.33. The second kappa shape index (κ2) is 6.95. The van der Waals surface area contributed by atoms with E-state index < -0.39 is 0 Å². The molecule has 0 spiro atoms. The van der Waals surface area contributed by atoms with Gasteiger partial charge < -0.3 is 10.6 Å². The van der Waals surface area contributed by atoms with Crippen LogP contribution < -0.4 is 10.6 Å². The molecule has 0 aliphatic heterocycles. The number of hydrogen-bond acceptors (Lipinski definition) is 3. The number of carbonyl (C=O) groups excluding carboxylic acids is 1. The van der Waals surface area contributed by atoms with Gasteiger partial charge in [0.05, 0.1) is 6.54 Å². The van der Waals surface area contributed by atoms with Crippen molar-refractivity contribution in [3.05, 3.63) is 52.7 Å². The number of thiophene rings is 1. The molecular weight excluding hydrogens is 256 g/mol. The third-order valence-electron chi connectivity index (χ3n) is 2.76. The fraction of sp³-hybridized carbons (Fsp3) is 0.267. The van der Waals surface area contributed by atoms with Crippen molar-refractivity contribution >= 4 is 22.9 Å². The molecule has 2 N–H and O–H groups in total. The van der Waals surface area contributed by atoms with Gasteiger partial charge in [-0.3, -0.25) is 4.79 Å². The molecule has 1 atom stereocenters. The average Bonchev–Trinajstić information content (AvgIpc) is 2.90. The highest BCUT2D eigenvalue weighted by Crippen LogP contribution is 2.08. The summed E-state index contributed by atoms with van der Waals surface area (Å²) < 4.78 is 0. The first-order valence-corrected chi connectivity index (χ1v) is 7.27. The minimum Gasteiger partial charge on any atom is -0.376 e. The van der Waals surface area contributed by atoms with E-state index in [0.717, 1.165) is 12.1 Å². The zero-order valence-electron chi connectivity index (χ0n) is 10.9. The smallest absolute Gasteiger partial charge is 0.239 e. The van der Waals surface area contributed by atoms with Gasteiger partial charge >= 0.3 is 0 Å². The van der Waals surface area contributed by atoms with Crippen LogP contribution in [0.25, 0.3) is 0 Å². The van der Waals surface area contributed by atoms with E-state index >= 15 is 0 Å². The Morgan fingerprint density at radius 2 is 2.05 bits per heavy atom. The molecule has 0 saturated heterocycles. The van der Waals surface area contributed by atoms with Gasteiger partial charge in [0.2, 0.25) is 5.91 Å². The Morgan fingerprint density at radius 1 is 1.26 bits per heavy atom. The summed E-state index contributed by atoms with van der Waals surface area (Å²) >= 11 is 1.68. The third kappa shape index (κ3) is 4.75. The van der Waals surface area contributed by atoms with E-state index in [-0.39, 0.29) is 11.9 Å². The van der Waals surface area contributed by atoms with E-state index in [9.17, 15) is 4.79 Å². The molecule has 0 aliphatic rings. The quantitative estimate of drug-likeness (QED) is 0.850. The average molecular weight is 274 g/mol. The molecule has 0 aliphatic carbocycles.